The first-order chi connectivity index (χ1) is 11.1. The topological polar surface area (TPSA) is 80.7 Å². The largest absolute Gasteiger partial charge is 0.534 e. The summed E-state index contributed by atoms with van der Waals surface area (Å²) in [6.45, 7) is 0. The standard InChI is InChI=1S/C15H11F3O5S/c16-15(17,18)24(21,22)23-13-6-4-11(5-7-13)12-3-1-2-10(8-12)9-14(19)20/h1-8H,9H2,(H,19,20). The van der Waals surface area contributed by atoms with Crippen molar-refractivity contribution in [3.63, 3.8) is 0 Å². The number of carboxylic acids is 1. The van der Waals surface area contributed by atoms with Crippen molar-refractivity contribution in [2.24, 2.45) is 0 Å². The van der Waals surface area contributed by atoms with Gasteiger partial charge in [0.2, 0.25) is 0 Å². The molecule has 24 heavy (non-hydrogen) atoms. The molecule has 128 valence electrons. The van der Waals surface area contributed by atoms with Crippen LogP contribution in [0.15, 0.2) is 48.5 Å². The maximum absolute atomic E-state index is 12.3. The Morgan fingerprint density at radius 2 is 1.67 bits per heavy atom. The van der Waals surface area contributed by atoms with Gasteiger partial charge in [-0.05, 0) is 28.8 Å². The van der Waals surface area contributed by atoms with Gasteiger partial charge < -0.3 is 9.29 Å². The number of benzene rings is 2. The molecule has 0 aliphatic heterocycles. The van der Waals surface area contributed by atoms with Crippen LogP contribution in [0.1, 0.15) is 5.56 Å². The Bertz CT molecular complexity index is 842. The van der Waals surface area contributed by atoms with Crippen LogP contribution in [0.2, 0.25) is 0 Å². The van der Waals surface area contributed by atoms with Crippen LogP contribution >= 0.6 is 0 Å². The van der Waals surface area contributed by atoms with E-state index in [1.54, 1.807) is 24.3 Å². The highest BCUT2D eigenvalue weighted by molar-refractivity contribution is 7.88. The van der Waals surface area contributed by atoms with E-state index in [1.165, 1.54) is 12.1 Å². The summed E-state index contributed by atoms with van der Waals surface area (Å²) in [5.74, 6) is -1.47. The van der Waals surface area contributed by atoms with E-state index in [9.17, 15) is 26.4 Å². The van der Waals surface area contributed by atoms with Crippen LogP contribution in [-0.4, -0.2) is 25.0 Å². The molecular formula is C15H11F3O5S. The highest BCUT2D eigenvalue weighted by Gasteiger charge is 2.48. The van der Waals surface area contributed by atoms with E-state index >= 15 is 0 Å². The minimum atomic E-state index is -5.71. The number of carbonyl (C=O) groups is 1. The lowest BCUT2D eigenvalue weighted by molar-refractivity contribution is -0.136. The van der Waals surface area contributed by atoms with Gasteiger partial charge in [-0.15, -0.1) is 0 Å². The Morgan fingerprint density at radius 1 is 1.04 bits per heavy atom. The van der Waals surface area contributed by atoms with Crippen LogP contribution in [0.3, 0.4) is 0 Å². The predicted octanol–water partition coefficient (Wildman–Crippen LogP) is 3.21. The predicted molar refractivity (Wildman–Crippen MR) is 78.8 cm³/mol. The highest BCUT2D eigenvalue weighted by Crippen LogP contribution is 2.29. The van der Waals surface area contributed by atoms with Gasteiger partial charge in [0, 0.05) is 0 Å². The molecule has 0 heterocycles. The molecule has 0 spiro atoms. The van der Waals surface area contributed by atoms with E-state index in [2.05, 4.69) is 4.18 Å². The maximum atomic E-state index is 12.3. The summed E-state index contributed by atoms with van der Waals surface area (Å²) in [7, 11) is -5.71. The van der Waals surface area contributed by atoms with Crippen molar-refractivity contribution < 1.29 is 35.7 Å². The maximum Gasteiger partial charge on any atom is 0.534 e. The third kappa shape index (κ3) is 4.25. The van der Waals surface area contributed by atoms with E-state index in [0.29, 0.717) is 16.7 Å². The van der Waals surface area contributed by atoms with Gasteiger partial charge >= 0.3 is 21.6 Å². The van der Waals surface area contributed by atoms with Crippen LogP contribution in [0.4, 0.5) is 13.2 Å². The number of hydrogen-bond donors (Lipinski definition) is 1. The molecule has 0 saturated carbocycles. The molecule has 5 nitrogen and oxygen atoms in total. The van der Waals surface area contributed by atoms with Gasteiger partial charge in [-0.1, -0.05) is 36.4 Å². The number of alkyl halides is 3. The number of aliphatic carboxylic acids is 1. The quantitative estimate of drug-likeness (QED) is 0.654. The molecule has 0 saturated heterocycles. The molecule has 0 unspecified atom stereocenters. The van der Waals surface area contributed by atoms with Crippen molar-refractivity contribution in [3.05, 3.63) is 54.1 Å². The molecule has 2 rings (SSSR count). The Hall–Kier alpha value is -2.55. The summed E-state index contributed by atoms with van der Waals surface area (Å²) in [4.78, 5) is 10.7. The average Bonchev–Trinajstić information content (AvgIpc) is 2.46. The second kappa shape index (κ2) is 6.52. The van der Waals surface area contributed by atoms with Crippen molar-refractivity contribution in [1.29, 1.82) is 0 Å². The van der Waals surface area contributed by atoms with Crippen molar-refractivity contribution in [1.82, 2.24) is 0 Å². The highest BCUT2D eigenvalue weighted by atomic mass is 32.2. The van der Waals surface area contributed by atoms with E-state index in [4.69, 9.17) is 5.11 Å². The zero-order valence-corrected chi connectivity index (χ0v) is 12.8. The summed E-state index contributed by atoms with van der Waals surface area (Å²) in [5, 5.41) is 8.77. The van der Waals surface area contributed by atoms with E-state index < -0.39 is 27.3 Å². The first-order valence-corrected chi connectivity index (χ1v) is 7.91. The summed E-state index contributed by atoms with van der Waals surface area (Å²) >= 11 is 0. The van der Waals surface area contributed by atoms with Gasteiger partial charge in [0.25, 0.3) is 0 Å². The van der Waals surface area contributed by atoms with Crippen molar-refractivity contribution in [2.75, 3.05) is 0 Å². The second-order valence-corrected chi connectivity index (χ2v) is 6.32. The summed E-state index contributed by atoms with van der Waals surface area (Å²) in [6, 6.07) is 11.5. The summed E-state index contributed by atoms with van der Waals surface area (Å²) in [5.41, 5.74) is -3.74. The smallest absolute Gasteiger partial charge is 0.481 e. The lowest BCUT2D eigenvalue weighted by atomic mass is 10.0. The number of carboxylic acid groups (broad SMARTS) is 1. The van der Waals surface area contributed by atoms with Crippen LogP contribution in [-0.2, 0) is 21.3 Å². The molecule has 2 aromatic rings. The van der Waals surface area contributed by atoms with Gasteiger partial charge in [-0.25, -0.2) is 0 Å². The SMILES string of the molecule is O=C(O)Cc1cccc(-c2ccc(OS(=O)(=O)C(F)(F)F)cc2)c1. The molecule has 0 aliphatic rings. The van der Waals surface area contributed by atoms with Crippen LogP contribution in [0.5, 0.6) is 5.75 Å². The van der Waals surface area contributed by atoms with E-state index in [-0.39, 0.29) is 6.42 Å². The minimum Gasteiger partial charge on any atom is -0.481 e. The first-order valence-electron chi connectivity index (χ1n) is 6.50. The molecule has 9 heteroatoms. The Morgan fingerprint density at radius 3 is 2.21 bits per heavy atom. The van der Waals surface area contributed by atoms with Crippen LogP contribution in [0.25, 0.3) is 11.1 Å². The fourth-order valence-corrected chi connectivity index (χ4v) is 2.37. The Labute approximate surface area is 135 Å². The first kappa shape index (κ1) is 17.8. The molecule has 0 aromatic heterocycles. The van der Waals surface area contributed by atoms with Crippen molar-refractivity contribution in [2.45, 2.75) is 11.9 Å². The van der Waals surface area contributed by atoms with Gasteiger partial charge in [0.05, 0.1) is 6.42 Å². The second-order valence-electron chi connectivity index (χ2n) is 4.78. The van der Waals surface area contributed by atoms with Crippen LogP contribution < -0.4 is 4.18 Å². The van der Waals surface area contributed by atoms with Gasteiger partial charge in [-0.2, -0.15) is 21.6 Å². The molecule has 0 aliphatic carbocycles. The number of rotatable bonds is 5. The average molecular weight is 360 g/mol. The van der Waals surface area contributed by atoms with Crippen molar-refractivity contribution in [3.8, 4) is 16.9 Å². The third-order valence-corrected chi connectivity index (χ3v) is 3.94. The molecule has 0 bridgehead atoms. The molecule has 0 atom stereocenters. The van der Waals surface area contributed by atoms with Gasteiger partial charge in [0.1, 0.15) is 5.75 Å². The lowest BCUT2D eigenvalue weighted by Crippen LogP contribution is -2.28. The minimum absolute atomic E-state index is 0.168. The lowest BCUT2D eigenvalue weighted by Gasteiger charge is -2.10. The summed E-state index contributed by atoms with van der Waals surface area (Å²) in [6.07, 6.45) is -0.168. The molecular weight excluding hydrogens is 349 g/mol. The molecule has 2 aromatic carbocycles. The fraction of sp³-hybridized carbons (Fsp3) is 0.133. The Balaban J connectivity index is 2.23. The fourth-order valence-electron chi connectivity index (χ4n) is 1.91. The Kier molecular flexibility index (Phi) is 4.83. The molecule has 1 N–H and O–H groups in total. The van der Waals surface area contributed by atoms with Gasteiger partial charge in [0.15, 0.2) is 0 Å². The zero-order chi connectivity index (χ0) is 18.0. The van der Waals surface area contributed by atoms with E-state index in [1.807, 2.05) is 0 Å². The third-order valence-electron chi connectivity index (χ3n) is 2.96. The molecule has 0 fully saturated rings. The van der Waals surface area contributed by atoms with Crippen LogP contribution in [0, 0.1) is 0 Å². The normalized spacial score (nSPS) is 12.0. The van der Waals surface area contributed by atoms with Crippen molar-refractivity contribution >= 4 is 16.1 Å². The number of hydrogen-bond acceptors (Lipinski definition) is 4. The monoisotopic (exact) mass is 360 g/mol. The van der Waals surface area contributed by atoms with E-state index in [0.717, 1.165) is 12.1 Å². The summed E-state index contributed by atoms with van der Waals surface area (Å²) < 4.78 is 62.6. The zero-order valence-electron chi connectivity index (χ0n) is 11.9. The van der Waals surface area contributed by atoms with Gasteiger partial charge in [-0.3, -0.25) is 4.79 Å². The molecule has 0 radical (unpaired) electrons. The number of halogens is 3. The molecule has 0 amide bonds.